The molecule has 0 unspecified atom stereocenters. The molecule has 102 valence electrons. The van der Waals surface area contributed by atoms with Crippen molar-refractivity contribution in [2.24, 2.45) is 0 Å². The average Bonchev–Trinajstić information content (AvgIpc) is 2.39. The number of hydrogen-bond acceptors (Lipinski definition) is 2. The van der Waals surface area contributed by atoms with Crippen molar-refractivity contribution >= 4 is 30.2 Å². The smallest absolute Gasteiger partial charge is 0.308 e. The first-order chi connectivity index (χ1) is 9.08. The molecule has 2 aromatic rings. The fourth-order valence-electron chi connectivity index (χ4n) is 1.41. The Balaban J connectivity index is 0.00000200. The molecule has 7 heteroatoms. The van der Waals surface area contributed by atoms with Gasteiger partial charge in [0, 0.05) is 39.0 Å². The van der Waals surface area contributed by atoms with Gasteiger partial charge in [0.25, 0.3) is 0 Å². The number of hydrogen-bond donors (Lipinski definition) is 2. The van der Waals surface area contributed by atoms with Gasteiger partial charge in [-0.05, 0) is 17.8 Å². The monoisotopic (exact) mass is 327 g/mol. The van der Waals surface area contributed by atoms with E-state index in [0.29, 0.717) is 5.69 Å². The minimum atomic E-state index is -0.988. The average molecular weight is 327 g/mol. The number of carbonyl (C=O) groups excluding carboxylic acids is 1. The Bertz CT molecular complexity index is 598. The summed E-state index contributed by atoms with van der Waals surface area (Å²) >= 11 is 3.89. The number of halogens is 2. The molecule has 2 amide bonds. The number of nitrogens with zero attached hydrogens (tertiary/aromatic N) is 1. The standard InChI is InChI=1S/C13H9F2N2OS.Ti/c14-9-6-7-12(11(15)8-9)17(19)13(18)16-10-4-2-1-3-5-10;/h1-7,19H,(H,16,18);/q-1;. The summed E-state index contributed by atoms with van der Waals surface area (Å²) in [6.45, 7) is 0. The van der Waals surface area contributed by atoms with Crippen molar-refractivity contribution in [2.75, 3.05) is 9.62 Å². The number of urea groups is 1. The fourth-order valence-corrected chi connectivity index (χ4v) is 1.61. The summed E-state index contributed by atoms with van der Waals surface area (Å²) in [6.07, 6.45) is 0. The number of rotatable bonds is 2. The Labute approximate surface area is 135 Å². The van der Waals surface area contributed by atoms with Gasteiger partial charge in [-0.2, -0.15) is 0 Å². The molecular weight excluding hydrogens is 318 g/mol. The third-order valence-corrected chi connectivity index (χ3v) is 2.68. The summed E-state index contributed by atoms with van der Waals surface area (Å²) in [5.41, 5.74) is 0.358. The van der Waals surface area contributed by atoms with E-state index in [4.69, 9.17) is 0 Å². The predicted octanol–water partition coefficient (Wildman–Crippen LogP) is 3.65. The van der Waals surface area contributed by atoms with E-state index < -0.39 is 17.7 Å². The quantitative estimate of drug-likeness (QED) is 0.493. The molecule has 2 aromatic carbocycles. The number of benzene rings is 2. The van der Waals surface area contributed by atoms with Crippen LogP contribution in [0.15, 0.2) is 42.5 Å². The summed E-state index contributed by atoms with van der Waals surface area (Å²) in [5.74, 6) is -1.83. The minimum Gasteiger partial charge on any atom is -0.308 e. The van der Waals surface area contributed by atoms with Crippen LogP contribution in [-0.4, -0.2) is 6.03 Å². The molecule has 0 aliphatic carbocycles. The van der Waals surface area contributed by atoms with Gasteiger partial charge in [-0.3, -0.25) is 4.31 Å². The van der Waals surface area contributed by atoms with Crippen molar-refractivity contribution in [3.05, 3.63) is 60.2 Å². The molecule has 0 fully saturated rings. The second kappa shape index (κ2) is 7.43. The largest absolute Gasteiger partial charge is 0.325 e. The van der Waals surface area contributed by atoms with E-state index in [2.05, 4.69) is 18.1 Å². The summed E-state index contributed by atoms with van der Waals surface area (Å²) in [5, 5.41) is 2.52. The topological polar surface area (TPSA) is 32.3 Å². The van der Waals surface area contributed by atoms with E-state index in [1.165, 1.54) is 0 Å². The fraction of sp³-hybridized carbons (Fsp3) is 0. The first kappa shape index (κ1) is 16.7. The van der Waals surface area contributed by atoms with Crippen molar-refractivity contribution in [2.45, 2.75) is 0 Å². The van der Waals surface area contributed by atoms with E-state index in [1.807, 2.05) is 6.07 Å². The first-order valence-electron chi connectivity index (χ1n) is 5.30. The van der Waals surface area contributed by atoms with Gasteiger partial charge in [0.15, 0.2) is 0 Å². The summed E-state index contributed by atoms with van der Waals surface area (Å²) in [4.78, 5) is 11.8. The Kier molecular flexibility index (Phi) is 6.20. The van der Waals surface area contributed by atoms with Crippen LogP contribution in [0.5, 0.6) is 0 Å². The molecule has 0 aliphatic rings. The van der Waals surface area contributed by atoms with Gasteiger partial charge in [0.2, 0.25) is 0 Å². The van der Waals surface area contributed by atoms with Crippen LogP contribution in [0.25, 0.3) is 0 Å². The summed E-state index contributed by atoms with van der Waals surface area (Å²) in [6, 6.07) is 11.9. The molecule has 3 nitrogen and oxygen atoms in total. The SMILES string of the molecule is O=C(Nc1ccccc1)N(S)c1ccc(F)[c-]c1F.[Ti]. The Hall–Kier alpha value is -1.37. The van der Waals surface area contributed by atoms with Gasteiger partial charge in [0.05, 0.1) is 0 Å². The van der Waals surface area contributed by atoms with Crippen LogP contribution in [0, 0.1) is 17.7 Å². The molecule has 0 heterocycles. The second-order valence-electron chi connectivity index (χ2n) is 3.61. The second-order valence-corrected chi connectivity index (χ2v) is 4.01. The Morgan fingerprint density at radius 2 is 1.80 bits per heavy atom. The van der Waals surface area contributed by atoms with Crippen LogP contribution in [0.3, 0.4) is 0 Å². The van der Waals surface area contributed by atoms with Gasteiger partial charge >= 0.3 is 6.03 Å². The van der Waals surface area contributed by atoms with Crippen molar-refractivity contribution in [1.82, 2.24) is 0 Å². The van der Waals surface area contributed by atoms with Gasteiger partial charge in [0.1, 0.15) is 0 Å². The molecule has 0 saturated carbocycles. The van der Waals surface area contributed by atoms with Gasteiger partial charge in [-0.1, -0.05) is 31.0 Å². The van der Waals surface area contributed by atoms with Crippen molar-refractivity contribution in [1.29, 1.82) is 0 Å². The molecule has 0 atom stereocenters. The van der Waals surface area contributed by atoms with Crippen molar-refractivity contribution in [3.63, 3.8) is 0 Å². The Morgan fingerprint density at radius 3 is 2.40 bits per heavy atom. The number of thiol groups is 1. The van der Waals surface area contributed by atoms with Gasteiger partial charge in [-0.25, -0.2) is 13.6 Å². The maximum Gasteiger partial charge on any atom is 0.325 e. The molecule has 0 saturated heterocycles. The normalized spacial score (nSPS) is 9.55. The molecule has 1 N–H and O–H groups in total. The number of para-hydroxylation sites is 1. The van der Waals surface area contributed by atoms with Crippen LogP contribution in [0.4, 0.5) is 25.0 Å². The van der Waals surface area contributed by atoms with Crippen molar-refractivity contribution in [3.8, 4) is 0 Å². The van der Waals surface area contributed by atoms with Crippen LogP contribution < -0.4 is 9.62 Å². The van der Waals surface area contributed by atoms with E-state index >= 15 is 0 Å². The molecule has 0 bridgehead atoms. The van der Waals surface area contributed by atoms with Crippen LogP contribution in [-0.2, 0) is 21.7 Å². The molecule has 0 spiro atoms. The first-order valence-corrected chi connectivity index (χ1v) is 5.70. The Morgan fingerprint density at radius 1 is 1.15 bits per heavy atom. The molecular formula is C13H9F2N2OSTi-. The van der Waals surface area contributed by atoms with E-state index in [0.717, 1.165) is 16.4 Å². The van der Waals surface area contributed by atoms with Crippen LogP contribution >= 0.6 is 12.8 Å². The van der Waals surface area contributed by atoms with Gasteiger partial charge in [-0.15, -0.1) is 18.2 Å². The number of nitrogens with one attached hydrogen (secondary N) is 1. The maximum atomic E-state index is 13.4. The molecule has 0 radical (unpaired) electrons. The molecule has 2 rings (SSSR count). The zero-order valence-electron chi connectivity index (χ0n) is 10.1. The van der Waals surface area contributed by atoms with E-state index in [-0.39, 0.29) is 27.4 Å². The molecule has 0 aromatic heterocycles. The van der Waals surface area contributed by atoms with Gasteiger partial charge < -0.3 is 5.32 Å². The number of carbonyl (C=O) groups is 1. The molecule has 0 aliphatic heterocycles. The third-order valence-electron chi connectivity index (χ3n) is 2.29. The van der Waals surface area contributed by atoms with Crippen molar-refractivity contribution < 1.29 is 35.3 Å². The summed E-state index contributed by atoms with van der Waals surface area (Å²) in [7, 11) is 0. The third kappa shape index (κ3) is 4.06. The minimum absolute atomic E-state index is 0. The number of amides is 2. The zero-order valence-corrected chi connectivity index (χ0v) is 12.6. The zero-order chi connectivity index (χ0) is 13.8. The predicted molar refractivity (Wildman–Crippen MR) is 72.1 cm³/mol. The molecule has 20 heavy (non-hydrogen) atoms. The maximum absolute atomic E-state index is 13.4. The summed E-state index contributed by atoms with van der Waals surface area (Å²) < 4.78 is 26.9. The van der Waals surface area contributed by atoms with E-state index in [1.54, 1.807) is 30.3 Å². The van der Waals surface area contributed by atoms with E-state index in [9.17, 15) is 13.6 Å². The number of anilines is 2. The van der Waals surface area contributed by atoms with Crippen LogP contribution in [0.2, 0.25) is 0 Å². The van der Waals surface area contributed by atoms with Crippen LogP contribution in [0.1, 0.15) is 0 Å².